The molecule has 0 saturated heterocycles. The lowest BCUT2D eigenvalue weighted by Crippen LogP contribution is -2.38. The van der Waals surface area contributed by atoms with Gasteiger partial charge in [-0.2, -0.15) is 0 Å². The zero-order valence-corrected chi connectivity index (χ0v) is 19.0. The number of carbonyl (C=O) groups is 2. The van der Waals surface area contributed by atoms with Gasteiger partial charge in [-0.1, -0.05) is 48.5 Å². The van der Waals surface area contributed by atoms with Crippen LogP contribution in [-0.4, -0.2) is 25.4 Å². The maximum absolute atomic E-state index is 13.1. The van der Waals surface area contributed by atoms with Gasteiger partial charge in [0, 0.05) is 11.9 Å². The molecular weight excluding hydrogens is 434 g/mol. The highest BCUT2D eigenvalue weighted by atomic mass is 32.1. The van der Waals surface area contributed by atoms with Crippen molar-refractivity contribution in [1.29, 1.82) is 0 Å². The van der Waals surface area contributed by atoms with Crippen LogP contribution in [0.2, 0.25) is 0 Å². The fraction of sp³-hybridized carbons (Fsp3) is 0.154. The molecule has 2 N–H and O–H groups in total. The Morgan fingerprint density at radius 3 is 2.48 bits per heavy atom. The maximum atomic E-state index is 13.1. The van der Waals surface area contributed by atoms with Crippen molar-refractivity contribution in [3.8, 4) is 0 Å². The molecule has 168 valence electrons. The number of nitrogens with zero attached hydrogens (tertiary/aromatic N) is 1. The number of likely N-dealkylation sites (N-methyl/N-ethyl adjacent to an activating group) is 1. The highest BCUT2D eigenvalue weighted by Crippen LogP contribution is 2.26. The predicted octanol–water partition coefficient (Wildman–Crippen LogP) is 4.61. The lowest BCUT2D eigenvalue weighted by molar-refractivity contribution is -0.117. The van der Waals surface area contributed by atoms with Crippen LogP contribution in [0.4, 0.5) is 5.69 Å². The Labute approximate surface area is 196 Å². The van der Waals surface area contributed by atoms with Crippen LogP contribution < -0.4 is 15.5 Å². The van der Waals surface area contributed by atoms with Gasteiger partial charge in [0.05, 0.1) is 36.6 Å². The van der Waals surface area contributed by atoms with Crippen molar-refractivity contribution in [1.82, 2.24) is 10.6 Å². The normalized spacial score (nSPS) is 11.7. The molecule has 2 aromatic heterocycles. The van der Waals surface area contributed by atoms with E-state index in [2.05, 4.69) is 16.7 Å². The van der Waals surface area contributed by atoms with Gasteiger partial charge < -0.3 is 14.6 Å². The first-order valence-corrected chi connectivity index (χ1v) is 11.5. The molecule has 0 saturated carbocycles. The second-order valence-corrected chi connectivity index (χ2v) is 8.45. The quantitative estimate of drug-likeness (QED) is 0.383. The first-order chi connectivity index (χ1) is 16.1. The van der Waals surface area contributed by atoms with Gasteiger partial charge in [-0.25, -0.2) is 0 Å². The second kappa shape index (κ2) is 10.8. The number of carbonyl (C=O) groups excluding carboxylic acids is 2. The fourth-order valence-corrected chi connectivity index (χ4v) is 4.39. The van der Waals surface area contributed by atoms with Crippen LogP contribution in [0.3, 0.4) is 0 Å². The number of hydrogen-bond donors (Lipinski definition) is 2. The number of nitrogens with one attached hydrogen (secondary N) is 2. The molecule has 4 rings (SSSR count). The Bertz CT molecular complexity index is 1170. The molecule has 1 atom stereocenters. The third kappa shape index (κ3) is 5.58. The van der Waals surface area contributed by atoms with Crippen LogP contribution in [0.15, 0.2) is 94.9 Å². The summed E-state index contributed by atoms with van der Waals surface area (Å²) >= 11 is 1.64. The van der Waals surface area contributed by atoms with Crippen molar-refractivity contribution < 1.29 is 14.0 Å². The van der Waals surface area contributed by atoms with E-state index in [9.17, 15) is 9.59 Å². The minimum Gasteiger partial charge on any atom is -0.467 e. The summed E-state index contributed by atoms with van der Waals surface area (Å²) in [6.45, 7) is 0.398. The number of benzene rings is 2. The summed E-state index contributed by atoms with van der Waals surface area (Å²) in [7, 11) is 1.69. The first kappa shape index (κ1) is 22.5. The molecule has 0 bridgehead atoms. The summed E-state index contributed by atoms with van der Waals surface area (Å²) in [6, 6.07) is 24.7. The Morgan fingerprint density at radius 2 is 1.76 bits per heavy atom. The average molecular weight is 460 g/mol. The molecule has 6 nitrogen and oxygen atoms in total. The summed E-state index contributed by atoms with van der Waals surface area (Å²) in [6.07, 6.45) is 1.56. The summed E-state index contributed by atoms with van der Waals surface area (Å²) in [5.41, 5.74) is 2.07. The average Bonchev–Trinajstić information content (AvgIpc) is 3.57. The molecule has 0 aliphatic heterocycles. The maximum Gasteiger partial charge on any atom is 0.253 e. The van der Waals surface area contributed by atoms with Gasteiger partial charge in [-0.05, 0) is 41.3 Å². The molecule has 0 radical (unpaired) electrons. The van der Waals surface area contributed by atoms with Gasteiger partial charge >= 0.3 is 0 Å². The molecule has 1 unspecified atom stereocenters. The molecule has 0 aliphatic rings. The highest BCUT2D eigenvalue weighted by molar-refractivity contribution is 7.10. The molecule has 0 fully saturated rings. The summed E-state index contributed by atoms with van der Waals surface area (Å²) in [4.78, 5) is 28.5. The van der Waals surface area contributed by atoms with Crippen molar-refractivity contribution in [3.63, 3.8) is 0 Å². The van der Waals surface area contributed by atoms with Crippen LogP contribution in [-0.2, 0) is 11.3 Å². The molecule has 0 aliphatic carbocycles. The fourth-order valence-electron chi connectivity index (χ4n) is 3.56. The SMILES string of the molecule is CN(C(=O)CNC(c1ccccc1)c1cccs1)c1ccccc1C(=O)NCc1ccco1. The van der Waals surface area contributed by atoms with E-state index in [4.69, 9.17) is 4.42 Å². The van der Waals surface area contributed by atoms with E-state index < -0.39 is 0 Å². The van der Waals surface area contributed by atoms with Crippen molar-refractivity contribution in [2.45, 2.75) is 12.6 Å². The van der Waals surface area contributed by atoms with E-state index in [-0.39, 0.29) is 30.9 Å². The van der Waals surface area contributed by atoms with E-state index in [1.165, 1.54) is 4.90 Å². The standard InChI is InChI=1S/C26H25N3O3S/c1-29(22-13-6-5-12-21(22)26(31)28-17-20-11-7-15-32-20)24(30)18-27-25(23-14-8-16-33-23)19-9-3-2-4-10-19/h2-16,25,27H,17-18H2,1H3,(H,28,31). The minimum absolute atomic E-state index is 0.0876. The van der Waals surface area contributed by atoms with Crippen LogP contribution >= 0.6 is 11.3 Å². The number of thiophene rings is 1. The van der Waals surface area contributed by atoms with E-state index in [1.807, 2.05) is 47.8 Å². The van der Waals surface area contributed by atoms with Crippen molar-refractivity contribution in [2.24, 2.45) is 0 Å². The van der Waals surface area contributed by atoms with Gasteiger partial charge in [0.1, 0.15) is 5.76 Å². The molecule has 2 aromatic carbocycles. The summed E-state index contributed by atoms with van der Waals surface area (Å²) in [5, 5.41) is 8.25. The minimum atomic E-state index is -0.268. The lowest BCUT2D eigenvalue weighted by Gasteiger charge is -2.23. The number of hydrogen-bond acceptors (Lipinski definition) is 5. The van der Waals surface area contributed by atoms with Crippen molar-refractivity contribution >= 4 is 28.8 Å². The molecule has 7 heteroatoms. The predicted molar refractivity (Wildman–Crippen MR) is 130 cm³/mol. The lowest BCUT2D eigenvalue weighted by atomic mass is 10.1. The molecule has 4 aromatic rings. The largest absolute Gasteiger partial charge is 0.467 e. The van der Waals surface area contributed by atoms with E-state index in [1.54, 1.807) is 55.0 Å². The third-order valence-corrected chi connectivity index (χ3v) is 6.24. The number of amides is 2. The Kier molecular flexibility index (Phi) is 7.34. The van der Waals surface area contributed by atoms with Gasteiger partial charge in [0.2, 0.25) is 5.91 Å². The number of para-hydroxylation sites is 1. The Balaban J connectivity index is 1.45. The molecule has 2 heterocycles. The Morgan fingerprint density at radius 1 is 0.970 bits per heavy atom. The van der Waals surface area contributed by atoms with E-state index in [0.717, 1.165) is 10.4 Å². The number of anilines is 1. The zero-order valence-electron chi connectivity index (χ0n) is 18.2. The first-order valence-electron chi connectivity index (χ1n) is 10.6. The summed E-state index contributed by atoms with van der Waals surface area (Å²) < 4.78 is 5.27. The van der Waals surface area contributed by atoms with Gasteiger partial charge in [0.15, 0.2) is 0 Å². The van der Waals surface area contributed by atoms with Crippen LogP contribution in [0, 0.1) is 0 Å². The topological polar surface area (TPSA) is 74.6 Å². The van der Waals surface area contributed by atoms with Crippen LogP contribution in [0.1, 0.15) is 32.6 Å². The summed E-state index contributed by atoms with van der Waals surface area (Å²) in [5.74, 6) is 0.254. The van der Waals surface area contributed by atoms with Crippen LogP contribution in [0.5, 0.6) is 0 Å². The Hall–Kier alpha value is -3.68. The van der Waals surface area contributed by atoms with E-state index >= 15 is 0 Å². The van der Waals surface area contributed by atoms with Crippen LogP contribution in [0.25, 0.3) is 0 Å². The third-order valence-electron chi connectivity index (χ3n) is 5.31. The monoisotopic (exact) mass is 459 g/mol. The zero-order chi connectivity index (χ0) is 23.0. The van der Waals surface area contributed by atoms with Crippen molar-refractivity contribution in [2.75, 3.05) is 18.5 Å². The highest BCUT2D eigenvalue weighted by Gasteiger charge is 2.21. The smallest absolute Gasteiger partial charge is 0.253 e. The molecular formula is C26H25N3O3S. The molecule has 33 heavy (non-hydrogen) atoms. The molecule has 2 amide bonds. The molecule has 0 spiro atoms. The van der Waals surface area contributed by atoms with Gasteiger partial charge in [-0.3, -0.25) is 14.9 Å². The van der Waals surface area contributed by atoms with Gasteiger partial charge in [-0.15, -0.1) is 11.3 Å². The van der Waals surface area contributed by atoms with Crippen molar-refractivity contribution in [3.05, 3.63) is 112 Å². The van der Waals surface area contributed by atoms with Gasteiger partial charge in [0.25, 0.3) is 5.91 Å². The second-order valence-electron chi connectivity index (χ2n) is 7.47. The number of rotatable bonds is 9. The van der Waals surface area contributed by atoms with E-state index in [0.29, 0.717) is 17.0 Å². The number of furan rings is 1.